The van der Waals surface area contributed by atoms with Gasteiger partial charge in [0.15, 0.2) is 0 Å². The Morgan fingerprint density at radius 1 is 1.33 bits per heavy atom. The van der Waals surface area contributed by atoms with Crippen LogP contribution in [0.3, 0.4) is 0 Å². The number of nitrogens with zero attached hydrogens (tertiary/aromatic N) is 1. The molecule has 2 heterocycles. The lowest BCUT2D eigenvalue weighted by molar-refractivity contribution is 0.288. The molecule has 1 aromatic heterocycles. The summed E-state index contributed by atoms with van der Waals surface area (Å²) in [6.45, 7) is 1.40. The number of benzene rings is 1. The quantitative estimate of drug-likeness (QED) is 0.898. The number of hydrogen-bond donors (Lipinski definition) is 1. The third-order valence-corrected chi connectivity index (χ3v) is 3.11. The van der Waals surface area contributed by atoms with Crippen LogP contribution in [-0.4, -0.2) is 18.1 Å². The van der Waals surface area contributed by atoms with Crippen molar-refractivity contribution in [3.63, 3.8) is 0 Å². The molecule has 0 amide bonds. The van der Waals surface area contributed by atoms with Crippen LogP contribution < -0.4 is 10.5 Å². The molecule has 94 valence electrons. The van der Waals surface area contributed by atoms with E-state index >= 15 is 0 Å². The lowest BCUT2D eigenvalue weighted by Crippen LogP contribution is -2.08. The molecule has 1 aliphatic rings. The molecule has 0 spiro atoms. The maximum absolute atomic E-state index is 5.59. The van der Waals surface area contributed by atoms with Gasteiger partial charge >= 0.3 is 0 Å². The van der Waals surface area contributed by atoms with Crippen molar-refractivity contribution in [3.8, 4) is 17.2 Å². The molecule has 0 aliphatic carbocycles. The van der Waals surface area contributed by atoms with E-state index in [1.807, 2.05) is 12.1 Å². The molecule has 0 atom stereocenters. The zero-order chi connectivity index (χ0) is 12.4. The van der Waals surface area contributed by atoms with Crippen molar-refractivity contribution < 1.29 is 9.15 Å². The lowest BCUT2D eigenvalue weighted by Gasteiger charge is -2.17. The van der Waals surface area contributed by atoms with E-state index in [-0.39, 0.29) is 0 Å². The van der Waals surface area contributed by atoms with E-state index in [2.05, 4.69) is 11.1 Å². The van der Waals surface area contributed by atoms with E-state index in [9.17, 15) is 0 Å². The van der Waals surface area contributed by atoms with Crippen LogP contribution in [0.4, 0.5) is 0 Å². The summed E-state index contributed by atoms with van der Waals surface area (Å²) in [6.07, 6.45) is 4.55. The third-order valence-electron chi connectivity index (χ3n) is 3.11. The number of hydrogen-bond acceptors (Lipinski definition) is 4. The smallest absolute Gasteiger partial charge is 0.226 e. The normalized spacial score (nSPS) is 14.1. The first-order valence-corrected chi connectivity index (χ1v) is 6.27. The Hall–Kier alpha value is -1.81. The van der Waals surface area contributed by atoms with E-state index in [1.54, 1.807) is 6.26 Å². The number of oxazole rings is 1. The Morgan fingerprint density at radius 2 is 2.28 bits per heavy atom. The molecule has 0 fully saturated rings. The molecule has 1 aliphatic heterocycles. The van der Waals surface area contributed by atoms with Gasteiger partial charge in [0.1, 0.15) is 12.0 Å². The summed E-state index contributed by atoms with van der Waals surface area (Å²) < 4.78 is 11.1. The first-order chi connectivity index (χ1) is 8.86. The fraction of sp³-hybridized carbons (Fsp3) is 0.357. The number of aryl methyl sites for hydroxylation is 1. The predicted molar refractivity (Wildman–Crippen MR) is 68.5 cm³/mol. The molecule has 0 saturated heterocycles. The van der Waals surface area contributed by atoms with Crippen LogP contribution in [0.2, 0.25) is 0 Å². The van der Waals surface area contributed by atoms with Crippen molar-refractivity contribution in [2.24, 2.45) is 5.73 Å². The largest absolute Gasteiger partial charge is 0.493 e. The zero-order valence-electron chi connectivity index (χ0n) is 10.2. The first kappa shape index (κ1) is 11.3. The topological polar surface area (TPSA) is 61.3 Å². The van der Waals surface area contributed by atoms with Crippen LogP contribution in [0.5, 0.6) is 5.75 Å². The van der Waals surface area contributed by atoms with Gasteiger partial charge in [0.05, 0.1) is 12.3 Å². The van der Waals surface area contributed by atoms with E-state index in [4.69, 9.17) is 14.9 Å². The molecule has 2 aromatic rings. The molecule has 1 aromatic carbocycles. The molecule has 2 N–H and O–H groups in total. The van der Waals surface area contributed by atoms with Crippen molar-refractivity contribution in [1.29, 1.82) is 0 Å². The van der Waals surface area contributed by atoms with Crippen LogP contribution >= 0.6 is 0 Å². The van der Waals surface area contributed by atoms with Gasteiger partial charge in [-0.3, -0.25) is 0 Å². The number of fused-ring (bicyclic) bond motifs is 1. The molecule has 4 nitrogen and oxygen atoms in total. The van der Waals surface area contributed by atoms with E-state index in [0.29, 0.717) is 12.4 Å². The second-order valence-corrected chi connectivity index (χ2v) is 4.46. The molecule has 0 saturated carbocycles. The lowest BCUT2D eigenvalue weighted by atomic mass is 10.0. The summed E-state index contributed by atoms with van der Waals surface area (Å²) in [5.41, 5.74) is 8.64. The Labute approximate surface area is 106 Å². The fourth-order valence-corrected chi connectivity index (χ4v) is 2.20. The Balaban J connectivity index is 1.91. The van der Waals surface area contributed by atoms with Crippen molar-refractivity contribution in [2.45, 2.75) is 19.3 Å². The van der Waals surface area contributed by atoms with Crippen LogP contribution in [0.15, 0.2) is 28.9 Å². The second-order valence-electron chi connectivity index (χ2n) is 4.46. The summed E-state index contributed by atoms with van der Waals surface area (Å²) in [4.78, 5) is 4.43. The number of nitrogens with two attached hydrogens (primary N) is 1. The van der Waals surface area contributed by atoms with Crippen molar-refractivity contribution in [3.05, 3.63) is 35.7 Å². The molecular weight excluding hydrogens is 228 g/mol. The van der Waals surface area contributed by atoms with Crippen molar-refractivity contribution in [2.75, 3.05) is 13.2 Å². The van der Waals surface area contributed by atoms with Gasteiger partial charge in [0.25, 0.3) is 0 Å². The van der Waals surface area contributed by atoms with Gasteiger partial charge in [-0.25, -0.2) is 4.98 Å². The summed E-state index contributed by atoms with van der Waals surface area (Å²) in [7, 11) is 0. The van der Waals surface area contributed by atoms with Gasteiger partial charge in [0, 0.05) is 12.0 Å². The van der Waals surface area contributed by atoms with Crippen LogP contribution in [-0.2, 0) is 12.8 Å². The molecule has 0 unspecified atom stereocenters. The van der Waals surface area contributed by atoms with Gasteiger partial charge in [-0.2, -0.15) is 0 Å². The Bertz CT molecular complexity index is 548. The van der Waals surface area contributed by atoms with E-state index in [0.717, 1.165) is 42.9 Å². The van der Waals surface area contributed by atoms with Gasteiger partial charge in [0.2, 0.25) is 5.89 Å². The highest BCUT2D eigenvalue weighted by Gasteiger charge is 2.13. The summed E-state index contributed by atoms with van der Waals surface area (Å²) in [6, 6.07) is 6.09. The Kier molecular flexibility index (Phi) is 3.02. The molecule has 0 bridgehead atoms. The van der Waals surface area contributed by atoms with Crippen molar-refractivity contribution >= 4 is 0 Å². The summed E-state index contributed by atoms with van der Waals surface area (Å²) >= 11 is 0. The second kappa shape index (κ2) is 4.82. The number of aromatic nitrogens is 1. The average molecular weight is 244 g/mol. The minimum absolute atomic E-state index is 0.587. The van der Waals surface area contributed by atoms with E-state index in [1.165, 1.54) is 5.56 Å². The highest BCUT2D eigenvalue weighted by molar-refractivity contribution is 5.58. The molecule has 18 heavy (non-hydrogen) atoms. The Morgan fingerprint density at radius 3 is 3.17 bits per heavy atom. The number of rotatable bonds is 3. The zero-order valence-corrected chi connectivity index (χ0v) is 10.2. The van der Waals surface area contributed by atoms with Gasteiger partial charge in [-0.05, 0) is 43.1 Å². The summed E-state index contributed by atoms with van der Waals surface area (Å²) in [5, 5.41) is 0. The van der Waals surface area contributed by atoms with Gasteiger partial charge < -0.3 is 14.9 Å². The SMILES string of the molecule is NCCc1coc(-c2ccc3c(c2)CCCO3)n1. The molecule has 0 radical (unpaired) electrons. The molecular formula is C14H16N2O2. The molecule has 3 rings (SSSR count). The highest BCUT2D eigenvalue weighted by atomic mass is 16.5. The molecule has 4 heteroatoms. The monoisotopic (exact) mass is 244 g/mol. The predicted octanol–water partition coefficient (Wildman–Crippen LogP) is 2.17. The summed E-state index contributed by atoms with van der Waals surface area (Å²) in [5.74, 6) is 1.64. The van der Waals surface area contributed by atoms with Crippen LogP contribution in [0.25, 0.3) is 11.5 Å². The maximum Gasteiger partial charge on any atom is 0.226 e. The highest BCUT2D eigenvalue weighted by Crippen LogP contribution is 2.29. The standard InChI is InChI=1S/C14H16N2O2/c15-6-5-12-9-18-14(16-12)11-3-4-13-10(8-11)2-1-7-17-13/h3-4,8-9H,1-2,5-7,15H2. The fourth-order valence-electron chi connectivity index (χ4n) is 2.20. The van der Waals surface area contributed by atoms with E-state index < -0.39 is 0 Å². The number of ether oxygens (including phenoxy) is 1. The minimum atomic E-state index is 0.587. The average Bonchev–Trinajstić information content (AvgIpc) is 2.87. The first-order valence-electron chi connectivity index (χ1n) is 6.27. The minimum Gasteiger partial charge on any atom is -0.493 e. The maximum atomic E-state index is 5.59. The van der Waals surface area contributed by atoms with Crippen LogP contribution in [0.1, 0.15) is 17.7 Å². The van der Waals surface area contributed by atoms with Gasteiger partial charge in [-0.15, -0.1) is 0 Å². The van der Waals surface area contributed by atoms with Crippen LogP contribution in [0, 0.1) is 0 Å². The van der Waals surface area contributed by atoms with Gasteiger partial charge in [-0.1, -0.05) is 0 Å². The third kappa shape index (κ3) is 2.11. The van der Waals surface area contributed by atoms with Crippen molar-refractivity contribution in [1.82, 2.24) is 4.98 Å².